The summed E-state index contributed by atoms with van der Waals surface area (Å²) in [5, 5.41) is 0.862. The minimum absolute atomic E-state index is 0.272. The van der Waals surface area contributed by atoms with Crippen LogP contribution >= 0.6 is 0 Å². The summed E-state index contributed by atoms with van der Waals surface area (Å²) in [5.41, 5.74) is 11.5. The SMILES string of the molecule is CCOC(=O)c1c(CN)n(C)c2cc(C3=CCOc4ccccc43)ccc12. The first kappa shape index (κ1) is 17.4. The molecule has 0 saturated carbocycles. The largest absolute Gasteiger partial charge is 0.489 e. The van der Waals surface area contributed by atoms with Crippen LogP contribution in [0.5, 0.6) is 5.75 Å². The predicted octanol–water partition coefficient (Wildman–Crippen LogP) is 3.64. The molecule has 0 bridgehead atoms. The molecule has 3 aromatic rings. The van der Waals surface area contributed by atoms with Gasteiger partial charge in [-0.25, -0.2) is 4.79 Å². The number of nitrogens with two attached hydrogens (primary N) is 1. The fourth-order valence-corrected chi connectivity index (χ4v) is 3.74. The highest BCUT2D eigenvalue weighted by molar-refractivity contribution is 6.07. The average molecular weight is 362 g/mol. The Bertz CT molecular complexity index is 1060. The zero-order chi connectivity index (χ0) is 19.0. The van der Waals surface area contributed by atoms with Crippen molar-refractivity contribution in [1.82, 2.24) is 4.57 Å². The molecule has 2 N–H and O–H groups in total. The van der Waals surface area contributed by atoms with Crippen molar-refractivity contribution >= 4 is 22.4 Å². The smallest absolute Gasteiger partial charge is 0.340 e. The van der Waals surface area contributed by atoms with Gasteiger partial charge in [0.15, 0.2) is 0 Å². The number of fused-ring (bicyclic) bond motifs is 2. The molecule has 0 unspecified atom stereocenters. The van der Waals surface area contributed by atoms with Crippen LogP contribution < -0.4 is 10.5 Å². The second-order valence-corrected chi connectivity index (χ2v) is 6.46. The molecule has 0 fully saturated rings. The van der Waals surface area contributed by atoms with Gasteiger partial charge < -0.3 is 19.8 Å². The second kappa shape index (κ2) is 6.93. The molecule has 5 nitrogen and oxygen atoms in total. The number of carbonyl (C=O) groups is 1. The molecule has 0 aliphatic carbocycles. The number of aromatic nitrogens is 1. The Hall–Kier alpha value is -3.05. The van der Waals surface area contributed by atoms with Gasteiger partial charge in [-0.05, 0) is 36.3 Å². The summed E-state index contributed by atoms with van der Waals surface area (Å²) >= 11 is 0. The third kappa shape index (κ3) is 2.80. The Balaban J connectivity index is 1.88. The van der Waals surface area contributed by atoms with Gasteiger partial charge in [-0.15, -0.1) is 0 Å². The maximum Gasteiger partial charge on any atom is 0.340 e. The van der Waals surface area contributed by atoms with Crippen LogP contribution in [0.4, 0.5) is 0 Å². The minimum atomic E-state index is -0.327. The monoisotopic (exact) mass is 362 g/mol. The summed E-state index contributed by atoms with van der Waals surface area (Å²) in [7, 11) is 1.93. The molecule has 0 amide bonds. The van der Waals surface area contributed by atoms with Gasteiger partial charge in [0.25, 0.3) is 0 Å². The van der Waals surface area contributed by atoms with Crippen molar-refractivity contribution in [2.75, 3.05) is 13.2 Å². The normalized spacial score (nSPS) is 13.1. The molecule has 27 heavy (non-hydrogen) atoms. The van der Waals surface area contributed by atoms with Crippen molar-refractivity contribution < 1.29 is 14.3 Å². The molecule has 4 rings (SSSR count). The number of esters is 1. The fourth-order valence-electron chi connectivity index (χ4n) is 3.74. The van der Waals surface area contributed by atoms with Crippen LogP contribution in [0.15, 0.2) is 48.5 Å². The summed E-state index contributed by atoms with van der Waals surface area (Å²) in [5.74, 6) is 0.559. The first-order chi connectivity index (χ1) is 13.2. The lowest BCUT2D eigenvalue weighted by atomic mass is 9.94. The summed E-state index contributed by atoms with van der Waals surface area (Å²) in [6, 6.07) is 14.1. The number of rotatable bonds is 4. The topological polar surface area (TPSA) is 66.5 Å². The van der Waals surface area contributed by atoms with Gasteiger partial charge >= 0.3 is 5.97 Å². The minimum Gasteiger partial charge on any atom is -0.489 e. The van der Waals surface area contributed by atoms with Crippen LogP contribution in [0.2, 0.25) is 0 Å². The van der Waals surface area contributed by atoms with E-state index in [2.05, 4.69) is 18.2 Å². The molecule has 0 saturated heterocycles. The Morgan fingerprint density at radius 3 is 2.85 bits per heavy atom. The van der Waals surface area contributed by atoms with Crippen LogP contribution in [-0.4, -0.2) is 23.8 Å². The molecule has 1 aliphatic rings. The van der Waals surface area contributed by atoms with Gasteiger partial charge in [-0.3, -0.25) is 0 Å². The lowest BCUT2D eigenvalue weighted by Gasteiger charge is -2.19. The number of benzene rings is 2. The van der Waals surface area contributed by atoms with Crippen LogP contribution in [0.3, 0.4) is 0 Å². The number of hydrogen-bond donors (Lipinski definition) is 1. The molecule has 2 aromatic carbocycles. The molecule has 1 aliphatic heterocycles. The highest BCUT2D eigenvalue weighted by Crippen LogP contribution is 2.36. The highest BCUT2D eigenvalue weighted by atomic mass is 16.5. The number of nitrogens with zero attached hydrogens (tertiary/aromatic N) is 1. The lowest BCUT2D eigenvalue weighted by Crippen LogP contribution is -2.12. The molecule has 2 heterocycles. The van der Waals surface area contributed by atoms with E-state index in [9.17, 15) is 4.79 Å². The zero-order valence-corrected chi connectivity index (χ0v) is 15.5. The number of hydrogen-bond acceptors (Lipinski definition) is 4. The van der Waals surface area contributed by atoms with E-state index in [0.29, 0.717) is 18.8 Å². The Morgan fingerprint density at radius 2 is 2.07 bits per heavy atom. The van der Waals surface area contributed by atoms with Crippen molar-refractivity contribution in [1.29, 1.82) is 0 Å². The molecule has 138 valence electrons. The number of ether oxygens (including phenoxy) is 2. The fraction of sp³-hybridized carbons (Fsp3) is 0.227. The van der Waals surface area contributed by atoms with Gasteiger partial charge in [0.2, 0.25) is 0 Å². The van der Waals surface area contributed by atoms with Gasteiger partial charge in [-0.1, -0.05) is 30.3 Å². The van der Waals surface area contributed by atoms with Gasteiger partial charge in [0.05, 0.1) is 12.2 Å². The zero-order valence-electron chi connectivity index (χ0n) is 15.5. The van der Waals surface area contributed by atoms with E-state index < -0.39 is 0 Å². The third-order valence-corrected chi connectivity index (χ3v) is 5.01. The Morgan fingerprint density at radius 1 is 1.26 bits per heavy atom. The second-order valence-electron chi connectivity index (χ2n) is 6.46. The molecule has 5 heteroatoms. The molecular formula is C22H22N2O3. The van der Waals surface area contributed by atoms with Crippen molar-refractivity contribution in [3.05, 3.63) is 70.9 Å². The average Bonchev–Trinajstić information content (AvgIpc) is 2.99. The Kier molecular flexibility index (Phi) is 4.46. The van der Waals surface area contributed by atoms with E-state index >= 15 is 0 Å². The molecule has 0 spiro atoms. The van der Waals surface area contributed by atoms with Crippen molar-refractivity contribution in [2.24, 2.45) is 12.8 Å². The quantitative estimate of drug-likeness (QED) is 0.720. The van der Waals surface area contributed by atoms with E-state index in [4.69, 9.17) is 15.2 Å². The molecule has 0 atom stereocenters. The standard InChI is InChI=1S/C22H22N2O3/c1-3-26-22(25)21-17-9-8-14(12-18(17)24(2)19(21)13-23)15-10-11-27-20-7-5-4-6-16(15)20/h4-10,12H,3,11,13,23H2,1-2H3. The van der Waals surface area contributed by atoms with Crippen LogP contribution in [-0.2, 0) is 18.3 Å². The maximum absolute atomic E-state index is 12.5. The summed E-state index contributed by atoms with van der Waals surface area (Å²) in [6.07, 6.45) is 2.09. The third-order valence-electron chi connectivity index (χ3n) is 5.01. The number of carbonyl (C=O) groups excluding carboxylic acids is 1. The summed E-state index contributed by atoms with van der Waals surface area (Å²) in [6.45, 7) is 2.95. The first-order valence-corrected chi connectivity index (χ1v) is 9.07. The lowest BCUT2D eigenvalue weighted by molar-refractivity contribution is 0.0527. The van der Waals surface area contributed by atoms with E-state index in [1.165, 1.54) is 0 Å². The van der Waals surface area contributed by atoms with Crippen molar-refractivity contribution in [2.45, 2.75) is 13.5 Å². The van der Waals surface area contributed by atoms with Crippen LogP contribution in [0, 0.1) is 0 Å². The maximum atomic E-state index is 12.5. The number of aryl methyl sites for hydroxylation is 1. The van der Waals surface area contributed by atoms with Crippen LogP contribution in [0.25, 0.3) is 16.5 Å². The van der Waals surface area contributed by atoms with Crippen molar-refractivity contribution in [3.8, 4) is 5.75 Å². The first-order valence-electron chi connectivity index (χ1n) is 9.07. The number of para-hydroxylation sites is 1. The van der Waals surface area contributed by atoms with E-state index in [1.807, 2.05) is 41.9 Å². The van der Waals surface area contributed by atoms with E-state index in [1.54, 1.807) is 6.92 Å². The predicted molar refractivity (Wildman–Crippen MR) is 106 cm³/mol. The van der Waals surface area contributed by atoms with E-state index in [-0.39, 0.29) is 12.5 Å². The van der Waals surface area contributed by atoms with Crippen molar-refractivity contribution in [3.63, 3.8) is 0 Å². The van der Waals surface area contributed by atoms with E-state index in [0.717, 1.165) is 39.0 Å². The molecule has 0 radical (unpaired) electrons. The molecular weight excluding hydrogens is 340 g/mol. The Labute approximate surface area is 158 Å². The molecule has 1 aromatic heterocycles. The summed E-state index contributed by atoms with van der Waals surface area (Å²) < 4.78 is 13.0. The summed E-state index contributed by atoms with van der Waals surface area (Å²) in [4.78, 5) is 12.5. The van der Waals surface area contributed by atoms with Gasteiger partial charge in [0.1, 0.15) is 12.4 Å². The highest BCUT2D eigenvalue weighted by Gasteiger charge is 2.22. The van der Waals surface area contributed by atoms with Gasteiger partial charge in [-0.2, -0.15) is 0 Å². The van der Waals surface area contributed by atoms with Gasteiger partial charge in [0, 0.05) is 35.8 Å². The van der Waals surface area contributed by atoms with Crippen LogP contribution in [0.1, 0.15) is 34.1 Å².